The Balaban J connectivity index is 1.43. The molecule has 39 heavy (non-hydrogen) atoms. The number of likely N-dealkylation sites (tertiary alicyclic amines) is 1. The molecule has 15 heteroatoms. The summed E-state index contributed by atoms with van der Waals surface area (Å²) >= 11 is 0. The van der Waals surface area contributed by atoms with Gasteiger partial charge in [0.15, 0.2) is 0 Å². The van der Waals surface area contributed by atoms with Gasteiger partial charge in [-0.1, -0.05) is 18.2 Å². The lowest BCUT2D eigenvalue weighted by molar-refractivity contribution is -0.141. The minimum absolute atomic E-state index is 0.0172. The lowest BCUT2D eigenvalue weighted by Crippen LogP contribution is -2.55. The van der Waals surface area contributed by atoms with Crippen molar-refractivity contribution >= 4 is 22.0 Å². The topological polar surface area (TPSA) is 146 Å². The molecule has 3 heterocycles. The third-order valence-electron chi connectivity index (χ3n) is 7.85. The number of nitrogens with zero attached hydrogens (tertiary/aromatic N) is 2. The van der Waals surface area contributed by atoms with Crippen LogP contribution in [0.3, 0.4) is 0 Å². The molecular weight excluding hydrogens is 547 g/mol. The molecule has 11 nitrogen and oxygen atoms in total. The van der Waals surface area contributed by atoms with E-state index in [2.05, 4.69) is 0 Å². The van der Waals surface area contributed by atoms with E-state index in [0.717, 1.165) is 10.4 Å². The summed E-state index contributed by atoms with van der Waals surface area (Å²) in [4.78, 5) is 26.5. The van der Waals surface area contributed by atoms with Crippen molar-refractivity contribution in [2.75, 3.05) is 45.1 Å². The van der Waals surface area contributed by atoms with Crippen LogP contribution >= 0.6 is 0 Å². The first-order valence-corrected chi connectivity index (χ1v) is 14.3. The number of nitrogens with one attached hydrogen (secondary N) is 1. The van der Waals surface area contributed by atoms with Gasteiger partial charge in [-0.3, -0.25) is 10.0 Å². The van der Waals surface area contributed by atoms with E-state index in [1.54, 1.807) is 0 Å². The van der Waals surface area contributed by atoms with E-state index in [1.165, 1.54) is 28.6 Å². The summed E-state index contributed by atoms with van der Waals surface area (Å²) in [6.45, 7) is 0.292. The Bertz CT molecular complexity index is 1160. The fraction of sp³-hybridized carbons (Fsp3) is 0.667. The van der Waals surface area contributed by atoms with Gasteiger partial charge in [-0.2, -0.15) is 13.2 Å². The number of hydroxylamine groups is 1. The van der Waals surface area contributed by atoms with E-state index in [9.17, 15) is 41.5 Å². The maximum atomic E-state index is 13.5. The van der Waals surface area contributed by atoms with E-state index >= 15 is 0 Å². The molecule has 1 aromatic rings. The van der Waals surface area contributed by atoms with Gasteiger partial charge < -0.3 is 19.5 Å². The Morgan fingerprint density at radius 2 is 1.74 bits per heavy atom. The number of sulfonamides is 1. The number of carbonyl (C=O) groups is 2. The normalized spacial score (nSPS) is 23.8. The second-order valence-electron chi connectivity index (χ2n) is 10.3. The maximum absolute atomic E-state index is 13.5. The number of aliphatic hydroxyl groups is 1. The molecule has 0 bridgehead atoms. The zero-order chi connectivity index (χ0) is 28.5. The highest BCUT2D eigenvalue weighted by Gasteiger charge is 2.49. The lowest BCUT2D eigenvalue weighted by atomic mass is 9.79. The first-order chi connectivity index (χ1) is 18.3. The van der Waals surface area contributed by atoms with Gasteiger partial charge in [0.1, 0.15) is 6.10 Å². The van der Waals surface area contributed by atoms with Crippen LogP contribution in [0.2, 0.25) is 0 Å². The minimum atomic E-state index is -4.69. The highest BCUT2D eigenvalue weighted by Crippen LogP contribution is 2.42. The fourth-order valence-corrected chi connectivity index (χ4v) is 7.52. The second-order valence-corrected chi connectivity index (χ2v) is 12.3. The molecule has 1 atom stereocenters. The smallest absolute Gasteiger partial charge is 0.416 e. The highest BCUT2D eigenvalue weighted by molar-refractivity contribution is 7.89. The summed E-state index contributed by atoms with van der Waals surface area (Å²) in [6, 6.07) is 4.66. The van der Waals surface area contributed by atoms with Crippen molar-refractivity contribution < 1.29 is 51.0 Å². The van der Waals surface area contributed by atoms with Crippen LogP contribution in [-0.4, -0.2) is 91.2 Å². The molecule has 2 amide bonds. The molecule has 0 saturated carbocycles. The molecule has 218 valence electrons. The molecule has 3 N–H and O–H groups in total. The number of hydrogen-bond acceptors (Lipinski definition) is 8. The lowest BCUT2D eigenvalue weighted by Gasteiger charge is -2.42. The third kappa shape index (κ3) is 6.32. The molecule has 0 unspecified atom stereocenters. The zero-order valence-electron chi connectivity index (χ0n) is 21.2. The number of ether oxygens (including phenoxy) is 2. The summed E-state index contributed by atoms with van der Waals surface area (Å²) in [7, 11) is -4.15. The fourth-order valence-electron chi connectivity index (χ4n) is 5.48. The van der Waals surface area contributed by atoms with Crippen molar-refractivity contribution in [1.82, 2.24) is 14.7 Å². The van der Waals surface area contributed by atoms with E-state index in [4.69, 9.17) is 9.47 Å². The van der Waals surface area contributed by atoms with Crippen LogP contribution in [0.5, 0.6) is 0 Å². The Labute approximate surface area is 223 Å². The summed E-state index contributed by atoms with van der Waals surface area (Å²) in [5.74, 6) is -1.58. The van der Waals surface area contributed by atoms with Gasteiger partial charge in [0, 0.05) is 32.6 Å². The first-order valence-electron chi connectivity index (χ1n) is 12.6. The van der Waals surface area contributed by atoms with Gasteiger partial charge in [-0.25, -0.2) is 23.0 Å². The van der Waals surface area contributed by atoms with E-state index < -0.39 is 50.5 Å². The highest BCUT2D eigenvalue weighted by atomic mass is 32.2. The number of alkyl halides is 3. The standard InChI is InChI=1S/C24H32F3N3O8S/c25-24(26,27)19-4-2-1-3-18(19)23(33)8-12-30(13-9-23)39(35,36)16-22(20(31)28-34)6-10-29(11-7-22)21(32)38-17-5-14-37-15-17/h1-4,17,33-34H,5-16H2,(H,28,31)/t17-/m0/s1. The number of carbonyl (C=O) groups excluding carboxylic acids is 2. The van der Waals surface area contributed by atoms with Crippen molar-refractivity contribution in [3.05, 3.63) is 35.4 Å². The molecule has 0 radical (unpaired) electrons. The summed E-state index contributed by atoms with van der Waals surface area (Å²) in [5, 5.41) is 20.4. The SMILES string of the molecule is O=C(O[C@H]1CCOC1)N1CCC(CS(=O)(=O)N2CCC(O)(c3ccccc3C(F)(F)F)CC2)(C(=O)NO)CC1. The van der Waals surface area contributed by atoms with E-state index in [0.29, 0.717) is 19.6 Å². The minimum Gasteiger partial charge on any atom is -0.444 e. The van der Waals surface area contributed by atoms with E-state index in [1.807, 2.05) is 0 Å². The van der Waals surface area contributed by atoms with Gasteiger partial charge in [0.2, 0.25) is 10.0 Å². The summed E-state index contributed by atoms with van der Waals surface area (Å²) < 4.78 is 78.9. The molecule has 3 aliphatic rings. The predicted molar refractivity (Wildman–Crippen MR) is 129 cm³/mol. The van der Waals surface area contributed by atoms with Gasteiger partial charge in [0.25, 0.3) is 5.91 Å². The van der Waals surface area contributed by atoms with Crippen molar-refractivity contribution in [2.45, 2.75) is 50.0 Å². The Morgan fingerprint density at radius 3 is 2.31 bits per heavy atom. The quantitative estimate of drug-likeness (QED) is 0.342. The largest absolute Gasteiger partial charge is 0.444 e. The zero-order valence-corrected chi connectivity index (χ0v) is 22.0. The van der Waals surface area contributed by atoms with Crippen molar-refractivity contribution in [3.63, 3.8) is 0 Å². The number of amides is 2. The Morgan fingerprint density at radius 1 is 1.10 bits per heavy atom. The second kappa shape index (κ2) is 11.2. The van der Waals surface area contributed by atoms with Gasteiger partial charge in [0.05, 0.1) is 35.5 Å². The molecule has 3 saturated heterocycles. The van der Waals surface area contributed by atoms with Crippen LogP contribution in [-0.2, 0) is 36.1 Å². The number of benzene rings is 1. The van der Waals surface area contributed by atoms with Crippen LogP contribution < -0.4 is 5.48 Å². The average Bonchev–Trinajstić information content (AvgIpc) is 3.41. The maximum Gasteiger partial charge on any atom is 0.416 e. The van der Waals surface area contributed by atoms with Crippen LogP contribution in [0.15, 0.2) is 24.3 Å². The van der Waals surface area contributed by atoms with Crippen LogP contribution in [0, 0.1) is 5.41 Å². The molecule has 4 rings (SSSR count). The Kier molecular flexibility index (Phi) is 8.47. The van der Waals surface area contributed by atoms with Crippen LogP contribution in [0.4, 0.5) is 18.0 Å². The Hall–Kier alpha value is -2.46. The van der Waals surface area contributed by atoms with Gasteiger partial charge >= 0.3 is 12.3 Å². The van der Waals surface area contributed by atoms with Gasteiger partial charge in [-0.15, -0.1) is 0 Å². The van der Waals surface area contributed by atoms with Gasteiger partial charge in [-0.05, 0) is 37.3 Å². The number of rotatable bonds is 6. The molecule has 0 aromatic heterocycles. The van der Waals surface area contributed by atoms with Crippen LogP contribution in [0.1, 0.15) is 43.2 Å². The third-order valence-corrected chi connectivity index (χ3v) is 9.92. The molecule has 3 aliphatic heterocycles. The molecule has 0 aliphatic carbocycles. The average molecular weight is 580 g/mol. The van der Waals surface area contributed by atoms with Crippen LogP contribution in [0.25, 0.3) is 0 Å². The predicted octanol–water partition coefficient (Wildman–Crippen LogP) is 1.83. The molecule has 3 fully saturated rings. The summed E-state index contributed by atoms with van der Waals surface area (Å²) in [5.41, 5.74) is -3.18. The van der Waals surface area contributed by atoms with Crippen molar-refractivity contribution in [3.8, 4) is 0 Å². The van der Waals surface area contributed by atoms with E-state index in [-0.39, 0.29) is 63.5 Å². The summed E-state index contributed by atoms with van der Waals surface area (Å²) in [6.07, 6.45) is -5.76. The number of hydrogen-bond donors (Lipinski definition) is 3. The monoisotopic (exact) mass is 579 g/mol. The molecular formula is C24H32F3N3O8S. The number of halogens is 3. The molecule has 1 aromatic carbocycles. The first kappa shape index (κ1) is 29.5. The van der Waals surface area contributed by atoms with Crippen molar-refractivity contribution in [2.24, 2.45) is 5.41 Å². The molecule has 0 spiro atoms. The number of piperidine rings is 2. The van der Waals surface area contributed by atoms with Crippen molar-refractivity contribution in [1.29, 1.82) is 0 Å².